The Bertz CT molecular complexity index is 385. The van der Waals surface area contributed by atoms with E-state index in [0.29, 0.717) is 5.92 Å². The molecule has 0 aliphatic heterocycles. The number of halogens is 4. The zero-order chi connectivity index (χ0) is 12.5. The van der Waals surface area contributed by atoms with Crippen molar-refractivity contribution >= 4 is 11.6 Å². The maximum absolute atomic E-state index is 12.8. The summed E-state index contributed by atoms with van der Waals surface area (Å²) in [4.78, 5) is 0. The molecule has 0 saturated heterocycles. The minimum Gasteiger partial charge on any atom is -0.240 e. The van der Waals surface area contributed by atoms with E-state index in [9.17, 15) is 13.2 Å². The van der Waals surface area contributed by atoms with Crippen molar-refractivity contribution in [2.24, 2.45) is 5.92 Å². The zero-order valence-electron chi connectivity index (χ0n) is 9.17. The van der Waals surface area contributed by atoms with Gasteiger partial charge in [0.15, 0.2) is 5.69 Å². The van der Waals surface area contributed by atoms with Crippen LogP contribution in [0.25, 0.3) is 0 Å². The van der Waals surface area contributed by atoms with Crippen LogP contribution in [0.4, 0.5) is 13.2 Å². The van der Waals surface area contributed by atoms with Crippen molar-refractivity contribution in [1.29, 1.82) is 0 Å². The van der Waals surface area contributed by atoms with Crippen LogP contribution in [-0.2, 0) is 18.6 Å². The highest BCUT2D eigenvalue weighted by atomic mass is 35.5. The van der Waals surface area contributed by atoms with E-state index in [1.807, 2.05) is 0 Å². The van der Waals surface area contributed by atoms with E-state index in [2.05, 4.69) is 10.3 Å². The highest BCUT2D eigenvalue weighted by Gasteiger charge is 2.39. The van der Waals surface area contributed by atoms with Crippen LogP contribution >= 0.6 is 11.6 Å². The zero-order valence-corrected chi connectivity index (χ0v) is 9.93. The largest absolute Gasteiger partial charge is 0.434 e. The van der Waals surface area contributed by atoms with E-state index in [-0.39, 0.29) is 18.1 Å². The number of hydrogen-bond acceptors (Lipinski definition) is 2. The van der Waals surface area contributed by atoms with E-state index < -0.39 is 11.9 Å². The maximum atomic E-state index is 12.8. The number of aromatic nitrogens is 3. The molecule has 1 heterocycles. The van der Waals surface area contributed by atoms with Crippen molar-refractivity contribution in [2.45, 2.75) is 44.3 Å². The fraction of sp³-hybridized carbons (Fsp3) is 0.800. The molecule has 1 saturated carbocycles. The SMILES string of the molecule is FC(F)(F)c1c(CCl)nnn1CCC1CCC1. The Labute approximate surface area is 102 Å². The summed E-state index contributed by atoms with van der Waals surface area (Å²) in [6, 6.07) is 0. The molecular formula is C10H13ClF3N3. The molecule has 1 aliphatic rings. The molecule has 0 spiro atoms. The van der Waals surface area contributed by atoms with Gasteiger partial charge in [-0.3, -0.25) is 0 Å². The van der Waals surface area contributed by atoms with E-state index >= 15 is 0 Å². The summed E-state index contributed by atoms with van der Waals surface area (Å²) in [5.74, 6) is 0.276. The fourth-order valence-corrected chi connectivity index (χ4v) is 2.17. The van der Waals surface area contributed by atoms with Gasteiger partial charge in [0.2, 0.25) is 0 Å². The molecule has 3 nitrogen and oxygen atoms in total. The van der Waals surface area contributed by atoms with Gasteiger partial charge in [0.05, 0.1) is 5.88 Å². The second-order valence-corrected chi connectivity index (χ2v) is 4.59. The number of nitrogens with zero attached hydrogens (tertiary/aromatic N) is 3. The molecule has 0 radical (unpaired) electrons. The molecule has 1 aromatic heterocycles. The molecule has 0 N–H and O–H groups in total. The molecule has 0 unspecified atom stereocenters. The molecule has 7 heteroatoms. The number of rotatable bonds is 4. The molecule has 1 aromatic rings. The third-order valence-corrected chi connectivity index (χ3v) is 3.43. The molecule has 0 amide bonds. The minimum absolute atomic E-state index is 0.187. The Balaban J connectivity index is 2.12. The average molecular weight is 268 g/mol. The van der Waals surface area contributed by atoms with Crippen LogP contribution in [0.15, 0.2) is 0 Å². The Hall–Kier alpha value is -0.780. The van der Waals surface area contributed by atoms with E-state index in [4.69, 9.17) is 11.6 Å². The van der Waals surface area contributed by atoms with Gasteiger partial charge in [0, 0.05) is 6.54 Å². The van der Waals surface area contributed by atoms with Crippen LogP contribution in [0, 0.1) is 5.92 Å². The molecule has 17 heavy (non-hydrogen) atoms. The van der Waals surface area contributed by atoms with Crippen LogP contribution in [0.1, 0.15) is 37.1 Å². The van der Waals surface area contributed by atoms with Gasteiger partial charge in [-0.05, 0) is 12.3 Å². The van der Waals surface area contributed by atoms with Gasteiger partial charge in [0.1, 0.15) is 5.69 Å². The molecule has 0 bridgehead atoms. The number of alkyl halides is 4. The quantitative estimate of drug-likeness (QED) is 0.784. The summed E-state index contributed by atoms with van der Waals surface area (Å²) >= 11 is 5.44. The van der Waals surface area contributed by atoms with Crippen molar-refractivity contribution in [1.82, 2.24) is 15.0 Å². The lowest BCUT2D eigenvalue weighted by Crippen LogP contribution is -2.19. The Morgan fingerprint density at radius 1 is 1.35 bits per heavy atom. The van der Waals surface area contributed by atoms with Crippen molar-refractivity contribution in [3.05, 3.63) is 11.4 Å². The second-order valence-electron chi connectivity index (χ2n) is 4.32. The summed E-state index contributed by atoms with van der Waals surface area (Å²) in [6.45, 7) is 0.267. The molecule has 1 fully saturated rings. The predicted molar refractivity (Wildman–Crippen MR) is 56.5 cm³/mol. The molecule has 2 rings (SSSR count). The monoisotopic (exact) mass is 267 g/mol. The topological polar surface area (TPSA) is 30.7 Å². The first-order valence-electron chi connectivity index (χ1n) is 5.58. The first-order chi connectivity index (χ1) is 8.02. The fourth-order valence-electron chi connectivity index (χ4n) is 1.99. The Morgan fingerprint density at radius 3 is 2.53 bits per heavy atom. The molecule has 96 valence electrons. The maximum Gasteiger partial charge on any atom is 0.434 e. The summed E-state index contributed by atoms with van der Waals surface area (Å²) in [5.41, 5.74) is -0.986. The van der Waals surface area contributed by atoms with Gasteiger partial charge in [-0.1, -0.05) is 24.5 Å². The number of hydrogen-bond donors (Lipinski definition) is 0. The first-order valence-corrected chi connectivity index (χ1v) is 6.11. The lowest BCUT2D eigenvalue weighted by Gasteiger charge is -2.25. The lowest BCUT2D eigenvalue weighted by molar-refractivity contribution is -0.144. The van der Waals surface area contributed by atoms with Crippen molar-refractivity contribution < 1.29 is 13.2 Å². The highest BCUT2D eigenvalue weighted by molar-refractivity contribution is 6.16. The van der Waals surface area contributed by atoms with E-state index in [1.165, 1.54) is 6.42 Å². The third kappa shape index (κ3) is 2.73. The van der Waals surface area contributed by atoms with Crippen LogP contribution in [-0.4, -0.2) is 15.0 Å². The summed E-state index contributed by atoms with van der Waals surface area (Å²) < 4.78 is 39.3. The third-order valence-electron chi connectivity index (χ3n) is 3.17. The van der Waals surface area contributed by atoms with Crippen LogP contribution in [0.3, 0.4) is 0 Å². The Kier molecular flexibility index (Phi) is 3.61. The molecule has 0 aromatic carbocycles. The van der Waals surface area contributed by atoms with E-state index in [1.54, 1.807) is 0 Å². The van der Waals surface area contributed by atoms with Gasteiger partial charge in [-0.25, -0.2) is 4.68 Å². The molecule has 1 aliphatic carbocycles. The van der Waals surface area contributed by atoms with Crippen LogP contribution in [0.2, 0.25) is 0 Å². The van der Waals surface area contributed by atoms with Gasteiger partial charge in [0.25, 0.3) is 0 Å². The van der Waals surface area contributed by atoms with Crippen LogP contribution in [0.5, 0.6) is 0 Å². The Morgan fingerprint density at radius 2 is 2.06 bits per heavy atom. The first kappa shape index (κ1) is 12.7. The van der Waals surface area contributed by atoms with Crippen molar-refractivity contribution in [3.63, 3.8) is 0 Å². The molecule has 0 atom stereocenters. The highest BCUT2D eigenvalue weighted by Crippen LogP contribution is 2.33. The second kappa shape index (κ2) is 4.84. The van der Waals surface area contributed by atoms with Crippen LogP contribution < -0.4 is 0 Å². The average Bonchev–Trinajstić information content (AvgIpc) is 2.58. The lowest BCUT2D eigenvalue weighted by atomic mass is 9.83. The summed E-state index contributed by atoms with van der Waals surface area (Å²) in [6.07, 6.45) is -0.306. The normalized spacial score (nSPS) is 17.2. The summed E-state index contributed by atoms with van der Waals surface area (Å²) in [7, 11) is 0. The summed E-state index contributed by atoms with van der Waals surface area (Å²) in [5, 5.41) is 7.03. The van der Waals surface area contributed by atoms with Crippen molar-refractivity contribution in [3.8, 4) is 0 Å². The van der Waals surface area contributed by atoms with Gasteiger partial charge in [-0.15, -0.1) is 16.7 Å². The van der Waals surface area contributed by atoms with E-state index in [0.717, 1.165) is 23.9 Å². The minimum atomic E-state index is -4.44. The predicted octanol–water partition coefficient (Wildman–Crippen LogP) is 3.23. The number of aryl methyl sites for hydroxylation is 1. The van der Waals surface area contributed by atoms with Gasteiger partial charge >= 0.3 is 6.18 Å². The van der Waals surface area contributed by atoms with Gasteiger partial charge in [-0.2, -0.15) is 13.2 Å². The molecular weight excluding hydrogens is 255 g/mol. The van der Waals surface area contributed by atoms with Crippen molar-refractivity contribution in [2.75, 3.05) is 0 Å². The van der Waals surface area contributed by atoms with Gasteiger partial charge < -0.3 is 0 Å². The smallest absolute Gasteiger partial charge is 0.240 e. The standard InChI is InChI=1S/C10H13ClF3N3/c11-6-8-9(10(12,13)14)17(16-15-8)5-4-7-2-1-3-7/h7H,1-6H2.